The first-order valence-corrected chi connectivity index (χ1v) is 2.57. The van der Waals surface area contributed by atoms with Crippen LogP contribution in [0.3, 0.4) is 0 Å². The SMILES string of the molecule is C1=NOCC1.CC(=O)O. The van der Waals surface area contributed by atoms with Gasteiger partial charge >= 0.3 is 0 Å². The molecule has 0 aromatic carbocycles. The predicted octanol–water partition coefficient (Wildman–Crippen LogP) is 0.483. The number of carboxylic acid groups (broad SMARTS) is 1. The maximum atomic E-state index is 9.00. The summed E-state index contributed by atoms with van der Waals surface area (Å²) >= 11 is 0. The van der Waals surface area contributed by atoms with Crippen molar-refractivity contribution in [2.45, 2.75) is 13.3 Å². The van der Waals surface area contributed by atoms with E-state index in [1.807, 2.05) is 0 Å². The Balaban J connectivity index is 0.000000148. The highest BCUT2D eigenvalue weighted by atomic mass is 16.6. The average Bonchev–Trinajstić information content (AvgIpc) is 2.11. The highest BCUT2D eigenvalue weighted by Crippen LogP contribution is 1.86. The largest absolute Gasteiger partial charge is 0.481 e. The Morgan fingerprint density at radius 2 is 2.44 bits per heavy atom. The van der Waals surface area contributed by atoms with Crippen LogP contribution in [0.25, 0.3) is 0 Å². The van der Waals surface area contributed by atoms with Gasteiger partial charge in [0.15, 0.2) is 0 Å². The molecule has 0 aromatic heterocycles. The molecule has 0 unspecified atom stereocenters. The lowest BCUT2D eigenvalue weighted by atomic mass is 10.5. The fourth-order valence-corrected chi connectivity index (χ4v) is 0.264. The van der Waals surface area contributed by atoms with Crippen molar-refractivity contribution >= 4 is 12.2 Å². The molecule has 0 radical (unpaired) electrons. The number of carbonyl (C=O) groups is 1. The van der Waals surface area contributed by atoms with Crippen molar-refractivity contribution in [2.75, 3.05) is 6.61 Å². The average molecular weight is 131 g/mol. The fourth-order valence-electron chi connectivity index (χ4n) is 0.264. The minimum Gasteiger partial charge on any atom is -0.481 e. The molecule has 0 spiro atoms. The second-order valence-corrected chi connectivity index (χ2v) is 1.43. The van der Waals surface area contributed by atoms with Crippen molar-refractivity contribution in [3.05, 3.63) is 0 Å². The van der Waals surface area contributed by atoms with Crippen LogP contribution in [0.1, 0.15) is 13.3 Å². The normalized spacial score (nSPS) is 13.4. The summed E-state index contributed by atoms with van der Waals surface area (Å²) in [5.74, 6) is -0.833. The van der Waals surface area contributed by atoms with Crippen molar-refractivity contribution < 1.29 is 14.7 Å². The van der Waals surface area contributed by atoms with E-state index in [-0.39, 0.29) is 0 Å². The molecule has 52 valence electrons. The van der Waals surface area contributed by atoms with Gasteiger partial charge in [-0.15, -0.1) is 0 Å². The van der Waals surface area contributed by atoms with Crippen molar-refractivity contribution in [3.63, 3.8) is 0 Å². The molecular formula is C5H9NO3. The molecule has 0 atom stereocenters. The van der Waals surface area contributed by atoms with Gasteiger partial charge in [-0.05, 0) is 0 Å². The van der Waals surface area contributed by atoms with E-state index in [0.29, 0.717) is 0 Å². The standard InChI is InChI=1S/C3H5NO.C2H4O2/c1-2-4-5-3-1;1-2(3)4/h2H,1,3H2;1H3,(H,3,4). The quantitative estimate of drug-likeness (QED) is 0.520. The van der Waals surface area contributed by atoms with E-state index >= 15 is 0 Å². The third-order valence-electron chi connectivity index (χ3n) is 0.487. The molecule has 4 nitrogen and oxygen atoms in total. The topological polar surface area (TPSA) is 58.9 Å². The Kier molecular flexibility index (Phi) is 4.49. The van der Waals surface area contributed by atoms with E-state index in [2.05, 4.69) is 9.99 Å². The zero-order valence-corrected chi connectivity index (χ0v) is 5.20. The molecule has 1 N–H and O–H groups in total. The van der Waals surface area contributed by atoms with Crippen molar-refractivity contribution in [3.8, 4) is 0 Å². The molecular weight excluding hydrogens is 122 g/mol. The van der Waals surface area contributed by atoms with Gasteiger partial charge in [-0.1, -0.05) is 5.16 Å². The molecule has 4 heteroatoms. The minimum absolute atomic E-state index is 0.778. The molecule has 0 fully saturated rings. The number of hydrogen-bond donors (Lipinski definition) is 1. The smallest absolute Gasteiger partial charge is 0.300 e. The van der Waals surface area contributed by atoms with E-state index in [9.17, 15) is 0 Å². The molecule has 0 bridgehead atoms. The lowest BCUT2D eigenvalue weighted by Crippen LogP contribution is -1.78. The van der Waals surface area contributed by atoms with Crippen molar-refractivity contribution in [1.29, 1.82) is 0 Å². The van der Waals surface area contributed by atoms with E-state index in [4.69, 9.17) is 9.90 Å². The molecule has 1 heterocycles. The molecule has 1 rings (SSSR count). The zero-order valence-electron chi connectivity index (χ0n) is 5.20. The molecule has 1 aliphatic rings. The van der Waals surface area contributed by atoms with E-state index in [0.717, 1.165) is 20.0 Å². The van der Waals surface area contributed by atoms with Crippen LogP contribution >= 0.6 is 0 Å². The van der Waals surface area contributed by atoms with Gasteiger partial charge in [0, 0.05) is 19.6 Å². The Morgan fingerprint density at radius 1 is 1.89 bits per heavy atom. The maximum absolute atomic E-state index is 9.00. The molecule has 0 aliphatic carbocycles. The molecule has 0 amide bonds. The number of carboxylic acids is 1. The second kappa shape index (κ2) is 5.08. The van der Waals surface area contributed by atoms with Crippen LogP contribution in [0.5, 0.6) is 0 Å². The third-order valence-corrected chi connectivity index (χ3v) is 0.487. The Morgan fingerprint density at radius 3 is 2.56 bits per heavy atom. The number of oxime groups is 1. The monoisotopic (exact) mass is 131 g/mol. The van der Waals surface area contributed by atoms with Crippen LogP contribution in [0, 0.1) is 0 Å². The van der Waals surface area contributed by atoms with Gasteiger partial charge in [-0.25, -0.2) is 0 Å². The highest BCUT2D eigenvalue weighted by Gasteiger charge is 1.86. The Hall–Kier alpha value is -1.06. The summed E-state index contributed by atoms with van der Waals surface area (Å²) in [6.45, 7) is 1.86. The van der Waals surface area contributed by atoms with E-state index in [1.54, 1.807) is 6.21 Å². The first-order chi connectivity index (χ1) is 4.23. The van der Waals surface area contributed by atoms with E-state index in [1.165, 1.54) is 0 Å². The van der Waals surface area contributed by atoms with Gasteiger partial charge in [0.25, 0.3) is 5.97 Å². The Labute approximate surface area is 53.1 Å². The second-order valence-electron chi connectivity index (χ2n) is 1.43. The number of hydrogen-bond acceptors (Lipinski definition) is 3. The van der Waals surface area contributed by atoms with E-state index < -0.39 is 5.97 Å². The van der Waals surface area contributed by atoms with Crippen molar-refractivity contribution in [2.24, 2.45) is 5.16 Å². The van der Waals surface area contributed by atoms with Crippen LogP contribution < -0.4 is 0 Å². The van der Waals surface area contributed by atoms with Crippen LogP contribution in [0.15, 0.2) is 5.16 Å². The van der Waals surface area contributed by atoms with Gasteiger partial charge in [0.05, 0.1) is 0 Å². The lowest BCUT2D eigenvalue weighted by Gasteiger charge is -1.76. The zero-order chi connectivity index (χ0) is 7.11. The van der Waals surface area contributed by atoms with Gasteiger partial charge in [0.1, 0.15) is 6.61 Å². The summed E-state index contributed by atoms with van der Waals surface area (Å²) in [6, 6.07) is 0. The summed E-state index contributed by atoms with van der Waals surface area (Å²) < 4.78 is 0. The molecule has 1 aliphatic heterocycles. The van der Waals surface area contributed by atoms with Crippen LogP contribution in [-0.4, -0.2) is 23.9 Å². The van der Waals surface area contributed by atoms with Crippen LogP contribution in [0.2, 0.25) is 0 Å². The van der Waals surface area contributed by atoms with Crippen LogP contribution in [-0.2, 0) is 9.63 Å². The summed E-state index contributed by atoms with van der Waals surface area (Å²) in [6.07, 6.45) is 2.75. The van der Waals surface area contributed by atoms with Gasteiger partial charge in [-0.2, -0.15) is 0 Å². The minimum atomic E-state index is -0.833. The summed E-state index contributed by atoms with van der Waals surface area (Å²) in [5, 5.41) is 10.9. The lowest BCUT2D eigenvalue weighted by molar-refractivity contribution is -0.134. The molecule has 0 saturated carbocycles. The number of rotatable bonds is 0. The fraction of sp³-hybridized carbons (Fsp3) is 0.600. The summed E-state index contributed by atoms with van der Waals surface area (Å²) in [5.41, 5.74) is 0. The predicted molar refractivity (Wildman–Crippen MR) is 32.4 cm³/mol. The molecule has 0 aromatic rings. The summed E-state index contributed by atoms with van der Waals surface area (Å²) in [4.78, 5) is 13.5. The third kappa shape index (κ3) is 10.9. The Bertz CT molecular complexity index is 101. The van der Waals surface area contributed by atoms with Gasteiger partial charge in [0.2, 0.25) is 0 Å². The maximum Gasteiger partial charge on any atom is 0.300 e. The number of aliphatic carboxylic acids is 1. The first kappa shape index (κ1) is 7.94. The molecule has 0 saturated heterocycles. The molecule has 9 heavy (non-hydrogen) atoms. The summed E-state index contributed by atoms with van der Waals surface area (Å²) in [7, 11) is 0. The van der Waals surface area contributed by atoms with Gasteiger partial charge < -0.3 is 9.94 Å². The van der Waals surface area contributed by atoms with Crippen molar-refractivity contribution in [1.82, 2.24) is 0 Å². The number of nitrogens with zero attached hydrogens (tertiary/aromatic N) is 1. The van der Waals surface area contributed by atoms with Crippen LogP contribution in [0.4, 0.5) is 0 Å². The first-order valence-electron chi connectivity index (χ1n) is 2.57. The highest BCUT2D eigenvalue weighted by molar-refractivity contribution is 5.62. The van der Waals surface area contributed by atoms with Gasteiger partial charge in [-0.3, -0.25) is 4.79 Å².